The fraction of sp³-hybridized carbons (Fsp3) is 0.688. The van der Waals surface area contributed by atoms with E-state index in [-0.39, 0.29) is 66.1 Å². The van der Waals surface area contributed by atoms with Crippen LogP contribution in [0.1, 0.15) is 96.1 Å². The maximum Gasteiger partial charge on any atom is 0.310 e. The molecule has 6 rings (SSSR count). The summed E-state index contributed by atoms with van der Waals surface area (Å²) in [5.41, 5.74) is 3.70. The van der Waals surface area contributed by atoms with Gasteiger partial charge in [0.25, 0.3) is 0 Å². The van der Waals surface area contributed by atoms with Crippen LogP contribution in [0.4, 0.5) is 11.4 Å². The normalized spacial score (nSPS) is 30.0. The summed E-state index contributed by atoms with van der Waals surface area (Å²) in [6.45, 7) is 9.84. The van der Waals surface area contributed by atoms with E-state index in [2.05, 4.69) is 30.6 Å². The monoisotopic (exact) mass is 906 g/mol. The summed E-state index contributed by atoms with van der Waals surface area (Å²) >= 11 is 24.1. The quantitative estimate of drug-likeness (QED) is 0.104. The molecule has 0 amide bonds. The van der Waals surface area contributed by atoms with Gasteiger partial charge in [-0.2, -0.15) is 0 Å². The van der Waals surface area contributed by atoms with Crippen molar-refractivity contribution < 1.29 is 29.0 Å². The topological polar surface area (TPSA) is 96.4 Å². The first kappa shape index (κ1) is 47.1. The maximum atomic E-state index is 14.0. The molecule has 0 aromatic heterocycles. The lowest BCUT2D eigenvalue weighted by atomic mass is 9.43. The molecule has 0 bridgehead atoms. The highest BCUT2D eigenvalue weighted by Crippen LogP contribution is 2.69. The molecule has 332 valence electrons. The molecular weight excluding hydrogens is 842 g/mol. The van der Waals surface area contributed by atoms with Gasteiger partial charge in [-0.1, -0.05) is 45.0 Å². The number of carboxylic acid groups (broad SMARTS) is 1. The third-order valence-electron chi connectivity index (χ3n) is 15.6. The second kappa shape index (κ2) is 21.3. The molecule has 4 aliphatic rings. The van der Waals surface area contributed by atoms with Crippen LogP contribution in [0.3, 0.4) is 0 Å². The van der Waals surface area contributed by atoms with Crippen molar-refractivity contribution in [2.24, 2.45) is 46.3 Å². The molecule has 4 fully saturated rings. The number of hydrogen-bond donors (Lipinski definition) is 1. The van der Waals surface area contributed by atoms with Gasteiger partial charge in [0.05, 0.1) is 12.8 Å². The number of halogens is 4. The molecule has 2 aromatic carbocycles. The molecule has 0 heterocycles. The maximum absolute atomic E-state index is 14.0. The SMILES string of the molecule is C[C@H](CCC(=O)O)[C@H]1CC[C@H]2[C@@H]3CC[C@@H]4C[C@H](OC(=O)Cc5ccc(N(CCCl)CCCl)cc5)CC[C@]4(C)[C@H]3C[C@H](OC(=O)Cc3ccc(N(CCCl)CCCl)cc3)[C@]12C. The smallest absolute Gasteiger partial charge is 0.310 e. The van der Waals surface area contributed by atoms with Crippen LogP contribution in [0.2, 0.25) is 0 Å². The molecule has 10 atom stereocenters. The van der Waals surface area contributed by atoms with E-state index in [1.165, 1.54) is 0 Å². The summed E-state index contributed by atoms with van der Waals surface area (Å²) in [4.78, 5) is 43.3. The molecule has 4 saturated carbocycles. The number of fused-ring (bicyclic) bond motifs is 5. The Balaban J connectivity index is 1.14. The number of anilines is 2. The number of carbonyl (C=O) groups is 3. The fourth-order valence-electron chi connectivity index (χ4n) is 12.5. The van der Waals surface area contributed by atoms with Crippen molar-refractivity contribution in [3.8, 4) is 0 Å². The van der Waals surface area contributed by atoms with Crippen LogP contribution >= 0.6 is 46.4 Å². The van der Waals surface area contributed by atoms with Gasteiger partial charge in [0.1, 0.15) is 12.2 Å². The van der Waals surface area contributed by atoms with E-state index in [9.17, 15) is 19.5 Å². The van der Waals surface area contributed by atoms with Gasteiger partial charge in [0.2, 0.25) is 0 Å². The standard InChI is InChI=1S/C48H66Cl4N2O6/c1-32(4-17-44(55)56)40-15-16-41-39-14-9-35-30-38(59-45(57)28-33-5-10-36(11-6-33)53(24-20-49)25-21-50)18-19-47(35,2)42(39)31-43(48(40,41)3)60-46(58)29-34-7-12-37(13-8-34)54(26-22-51)27-23-52/h5-8,10-13,32,35,38-43H,4,9,14-31H2,1-3H3,(H,55,56)/t32-,35-,38-,39+,40-,41+,42+,43+,47+,48-/m1/s1. The predicted molar refractivity (Wildman–Crippen MR) is 244 cm³/mol. The minimum atomic E-state index is -0.761. The number of nitrogens with zero attached hydrogens (tertiary/aromatic N) is 2. The van der Waals surface area contributed by atoms with Crippen molar-refractivity contribution in [2.45, 2.75) is 110 Å². The predicted octanol–water partition coefficient (Wildman–Crippen LogP) is 10.6. The lowest BCUT2D eigenvalue weighted by Crippen LogP contribution is -2.59. The summed E-state index contributed by atoms with van der Waals surface area (Å²) in [7, 11) is 0. The van der Waals surface area contributed by atoms with Gasteiger partial charge in [-0.25, -0.2) is 0 Å². The zero-order valence-corrected chi connectivity index (χ0v) is 38.8. The van der Waals surface area contributed by atoms with Gasteiger partial charge in [0.15, 0.2) is 0 Å². The van der Waals surface area contributed by atoms with E-state index in [1.54, 1.807) is 0 Å². The first-order valence-corrected chi connectivity index (χ1v) is 24.5. The lowest BCUT2D eigenvalue weighted by Gasteiger charge is -2.62. The summed E-state index contributed by atoms with van der Waals surface area (Å²) in [5.74, 6) is 3.09. The largest absolute Gasteiger partial charge is 0.481 e. The molecule has 1 N–H and O–H groups in total. The number of hydrogen-bond acceptors (Lipinski definition) is 7. The average molecular weight is 909 g/mol. The highest BCUT2D eigenvalue weighted by Gasteiger charge is 2.65. The Kier molecular flexibility index (Phi) is 16.7. The highest BCUT2D eigenvalue weighted by atomic mass is 35.5. The van der Waals surface area contributed by atoms with E-state index in [0.717, 1.165) is 73.9 Å². The van der Waals surface area contributed by atoms with E-state index in [4.69, 9.17) is 55.9 Å². The zero-order valence-electron chi connectivity index (χ0n) is 35.8. The number of ether oxygens (including phenoxy) is 2. The van der Waals surface area contributed by atoms with Crippen molar-refractivity contribution in [3.63, 3.8) is 0 Å². The Morgan fingerprint density at radius 1 is 0.717 bits per heavy atom. The van der Waals surface area contributed by atoms with Gasteiger partial charge in [-0.15, -0.1) is 46.4 Å². The summed E-state index contributed by atoms with van der Waals surface area (Å²) < 4.78 is 12.9. The molecule has 0 unspecified atom stereocenters. The fourth-order valence-corrected chi connectivity index (χ4v) is 13.3. The van der Waals surface area contributed by atoms with Gasteiger partial charge < -0.3 is 24.4 Å². The van der Waals surface area contributed by atoms with Gasteiger partial charge in [0, 0.05) is 72.9 Å². The molecule has 0 spiro atoms. The minimum absolute atomic E-state index is 0.0480. The Morgan fingerprint density at radius 3 is 1.77 bits per heavy atom. The molecule has 2 aromatic rings. The van der Waals surface area contributed by atoms with Crippen LogP contribution in [-0.4, -0.2) is 84.9 Å². The average Bonchev–Trinajstić information content (AvgIpc) is 3.59. The number of benzene rings is 2. The van der Waals surface area contributed by atoms with Gasteiger partial charge in [-0.3, -0.25) is 14.4 Å². The van der Waals surface area contributed by atoms with E-state index in [1.807, 2.05) is 48.5 Å². The Hall–Kier alpha value is -2.39. The molecule has 0 radical (unpaired) electrons. The molecule has 4 aliphatic carbocycles. The molecule has 0 saturated heterocycles. The summed E-state index contributed by atoms with van der Waals surface area (Å²) in [6.07, 6.45) is 8.66. The number of carbonyl (C=O) groups excluding carboxylic acids is 2. The summed E-state index contributed by atoms with van der Waals surface area (Å²) in [6, 6.07) is 16.1. The third-order valence-corrected chi connectivity index (χ3v) is 16.2. The van der Waals surface area contributed by atoms with E-state index in [0.29, 0.717) is 79.8 Å². The van der Waals surface area contributed by atoms with Crippen LogP contribution in [0.5, 0.6) is 0 Å². The molecule has 0 aliphatic heterocycles. The Bertz CT molecular complexity index is 1720. The number of aliphatic carboxylic acids is 1. The van der Waals surface area contributed by atoms with Crippen LogP contribution in [0, 0.1) is 46.3 Å². The van der Waals surface area contributed by atoms with Crippen molar-refractivity contribution >= 4 is 75.7 Å². The number of alkyl halides is 4. The van der Waals surface area contributed by atoms with Gasteiger partial charge in [-0.05, 0) is 134 Å². The molecule has 60 heavy (non-hydrogen) atoms. The third kappa shape index (κ3) is 10.7. The number of esters is 2. The minimum Gasteiger partial charge on any atom is -0.481 e. The van der Waals surface area contributed by atoms with E-state index < -0.39 is 5.97 Å². The van der Waals surface area contributed by atoms with Crippen LogP contribution in [0.25, 0.3) is 0 Å². The lowest BCUT2D eigenvalue weighted by molar-refractivity contribution is -0.199. The first-order chi connectivity index (χ1) is 28.8. The number of carboxylic acids is 1. The van der Waals surface area contributed by atoms with Crippen LogP contribution < -0.4 is 9.80 Å². The van der Waals surface area contributed by atoms with E-state index >= 15 is 0 Å². The Morgan fingerprint density at radius 2 is 1.25 bits per heavy atom. The molecule has 8 nitrogen and oxygen atoms in total. The summed E-state index contributed by atoms with van der Waals surface area (Å²) in [5, 5.41) is 9.58. The van der Waals surface area contributed by atoms with Crippen LogP contribution in [0.15, 0.2) is 48.5 Å². The molecule has 12 heteroatoms. The van der Waals surface area contributed by atoms with Crippen molar-refractivity contribution in [3.05, 3.63) is 59.7 Å². The Labute approximate surface area is 378 Å². The second-order valence-electron chi connectivity index (χ2n) is 18.6. The van der Waals surface area contributed by atoms with Gasteiger partial charge >= 0.3 is 17.9 Å². The van der Waals surface area contributed by atoms with Crippen molar-refractivity contribution in [1.29, 1.82) is 0 Å². The van der Waals surface area contributed by atoms with Crippen molar-refractivity contribution in [1.82, 2.24) is 0 Å². The number of rotatable bonds is 20. The van der Waals surface area contributed by atoms with Crippen LogP contribution in [-0.2, 0) is 36.7 Å². The van der Waals surface area contributed by atoms with Crippen molar-refractivity contribution in [2.75, 3.05) is 59.5 Å². The first-order valence-electron chi connectivity index (χ1n) is 22.4. The second-order valence-corrected chi connectivity index (χ2v) is 20.1. The highest BCUT2D eigenvalue weighted by molar-refractivity contribution is 6.19. The zero-order chi connectivity index (χ0) is 43.0. The molecular formula is C48H66Cl4N2O6.